The van der Waals surface area contributed by atoms with E-state index in [0.29, 0.717) is 44.9 Å². The van der Waals surface area contributed by atoms with E-state index in [9.17, 15) is 71.3 Å². The zero-order chi connectivity index (χ0) is 62.5. The lowest BCUT2D eigenvalue weighted by atomic mass is 9.41. The van der Waals surface area contributed by atoms with E-state index in [1.165, 1.54) is 12.5 Å². The first kappa shape index (κ1) is 67.0. The molecule has 0 aromatic heterocycles. The minimum atomic E-state index is -5.42. The lowest BCUT2D eigenvalue weighted by Crippen LogP contribution is -2.65. The Kier molecular flexibility index (Phi) is 19.4. The molecule has 0 unspecified atom stereocenters. The van der Waals surface area contributed by atoms with E-state index in [4.69, 9.17) is 55.7 Å². The van der Waals surface area contributed by atoms with Gasteiger partial charge in [0, 0.05) is 19.4 Å². The van der Waals surface area contributed by atoms with Crippen LogP contribution in [0.5, 0.6) is 0 Å². The average Bonchev–Trinajstić information content (AvgIpc) is 1.53. The molecule has 0 bridgehead atoms. The summed E-state index contributed by atoms with van der Waals surface area (Å²) >= 11 is 0. The van der Waals surface area contributed by atoms with Gasteiger partial charge in [-0.05, 0) is 107 Å². The first-order chi connectivity index (χ1) is 39.5. The molecule has 27 atom stereocenters. The van der Waals surface area contributed by atoms with Crippen LogP contribution in [-0.4, -0.2) is 223 Å². The number of methoxy groups -OCH3 is 1. The van der Waals surface area contributed by atoms with Crippen molar-refractivity contribution in [3.63, 3.8) is 0 Å². The van der Waals surface area contributed by atoms with Crippen molar-refractivity contribution in [1.29, 1.82) is 0 Å². The summed E-state index contributed by atoms with van der Waals surface area (Å²) in [5.41, 5.74) is -1.26. The first-order valence-electron chi connectivity index (χ1n) is 29.3. The summed E-state index contributed by atoms with van der Waals surface area (Å²) < 4.78 is 138. The van der Waals surface area contributed by atoms with E-state index in [0.717, 1.165) is 25.5 Å². The molecule has 0 amide bonds. The zero-order valence-corrected chi connectivity index (χ0v) is 51.1. The number of allylic oxidation sites excluding steroid dienone is 3. The van der Waals surface area contributed by atoms with Gasteiger partial charge < -0.3 is 83.1 Å². The summed E-state index contributed by atoms with van der Waals surface area (Å²) in [5.74, 6) is -1.92. The zero-order valence-electron chi connectivity index (χ0n) is 49.4. The molecule has 9 aliphatic rings. The van der Waals surface area contributed by atoms with Crippen molar-refractivity contribution < 1.29 is 127 Å². The molecule has 9 N–H and O–H groups in total. The molecule has 8 fully saturated rings. The van der Waals surface area contributed by atoms with Crippen LogP contribution in [0.2, 0.25) is 0 Å². The Bertz CT molecular complexity index is 2710. The van der Waals surface area contributed by atoms with Crippen molar-refractivity contribution in [1.82, 2.24) is 0 Å². The maximum atomic E-state index is 14.7. The molecule has 0 aromatic rings. The number of hydrogen-bond acceptors (Lipinski definition) is 25. The lowest BCUT2D eigenvalue weighted by molar-refractivity contribution is -0.357. The first-order valence-corrected chi connectivity index (χ1v) is 32.1. The van der Waals surface area contributed by atoms with Gasteiger partial charge in [0.15, 0.2) is 25.0 Å². The lowest BCUT2D eigenvalue weighted by Gasteiger charge is -2.64. The van der Waals surface area contributed by atoms with Crippen molar-refractivity contribution in [2.45, 2.75) is 242 Å². The normalized spacial score (nSPS) is 48.0. The van der Waals surface area contributed by atoms with Gasteiger partial charge in [0.05, 0.1) is 49.5 Å². The molecule has 0 aromatic carbocycles. The molecule has 9 rings (SSSR count). The maximum Gasteiger partial charge on any atom is 0.397 e. The highest BCUT2D eigenvalue weighted by Gasteiger charge is 2.79. The van der Waals surface area contributed by atoms with E-state index in [1.807, 2.05) is 13.8 Å². The molecule has 29 heteroatoms. The fraction of sp³-hybridized carbons (Fsp3) is 0.893. The van der Waals surface area contributed by atoms with Crippen molar-refractivity contribution >= 4 is 32.7 Å². The second-order valence-electron chi connectivity index (χ2n) is 26.6. The van der Waals surface area contributed by atoms with Crippen LogP contribution in [0.15, 0.2) is 23.8 Å². The third-order valence-electron chi connectivity index (χ3n) is 20.9. The van der Waals surface area contributed by atoms with Gasteiger partial charge in [-0.25, -0.2) is 8.37 Å². The summed E-state index contributed by atoms with van der Waals surface area (Å²) in [5, 5.41) is 78.0. The third-order valence-corrected chi connectivity index (χ3v) is 21.9. The number of carbonyl (C=O) groups is 2. The molecular formula is C56H88O27S2. The molecule has 4 aliphatic heterocycles. The monoisotopic (exact) mass is 1260 g/mol. The number of esters is 2. The van der Waals surface area contributed by atoms with E-state index < -0.39 is 191 Å². The van der Waals surface area contributed by atoms with Crippen LogP contribution >= 0.6 is 0 Å². The largest absolute Gasteiger partial charge is 0.462 e. The van der Waals surface area contributed by atoms with E-state index >= 15 is 0 Å². The van der Waals surface area contributed by atoms with Crippen molar-refractivity contribution in [2.75, 3.05) is 26.9 Å². The second-order valence-corrected chi connectivity index (χ2v) is 28.7. The van der Waals surface area contributed by atoms with Crippen molar-refractivity contribution in [3.8, 4) is 0 Å². The molecule has 4 heterocycles. The van der Waals surface area contributed by atoms with Gasteiger partial charge in [-0.3, -0.25) is 18.7 Å². The predicted octanol–water partition coefficient (Wildman–Crippen LogP) is 1.11. The molecule has 486 valence electrons. The summed E-state index contributed by atoms with van der Waals surface area (Å²) in [4.78, 5) is 27.5. The molecule has 85 heavy (non-hydrogen) atoms. The number of aliphatic hydroxyl groups excluding tert-OH is 7. The highest BCUT2D eigenvalue weighted by Crippen LogP contribution is 2.77. The van der Waals surface area contributed by atoms with E-state index in [-0.39, 0.29) is 35.6 Å². The second kappa shape index (κ2) is 24.6. The quantitative estimate of drug-likeness (QED) is 0.0497. The molecular weight excluding hydrogens is 1170 g/mol. The van der Waals surface area contributed by atoms with Gasteiger partial charge in [0.2, 0.25) is 0 Å². The molecule has 5 aliphatic carbocycles. The number of aliphatic hydroxyl groups is 7. The van der Waals surface area contributed by atoms with E-state index in [2.05, 4.69) is 40.3 Å². The van der Waals surface area contributed by atoms with Gasteiger partial charge in [-0.15, -0.1) is 6.58 Å². The van der Waals surface area contributed by atoms with Gasteiger partial charge in [-0.1, -0.05) is 51.8 Å². The SMILES string of the molecule is C=C(C)CCC[C@]1(C)OC(=O)[C@]23CC[C@@H]4C(=CC[C@H]5C(C)(C)[C@@H](O[C@@H]6OC[C@@H](OS(=O)(=O)O)[C@H](O)[C@H]6O[C@@H]6C[C@H](C)[C@@H](O[C@@H]7OC[C@@H](O)[C@H](O[C@@H]8O[C@H](CO)[C@@H](O)[C@H](OC)[C@H]8O)[C@H]7OS(=O)(=O)O)[C@H](O)[C@H]6O)CC[C@]45C)[C@]2(C)C[C@H](OC(C)=O)[C@@H]31. The highest BCUT2D eigenvalue weighted by molar-refractivity contribution is 7.81. The van der Waals surface area contributed by atoms with Crippen LogP contribution in [0.4, 0.5) is 0 Å². The molecule has 0 radical (unpaired) electrons. The Morgan fingerprint density at radius 3 is 2.05 bits per heavy atom. The average molecular weight is 1260 g/mol. The van der Waals surface area contributed by atoms with Crippen molar-refractivity contribution in [3.05, 3.63) is 23.8 Å². The standard InChI is InChI=1S/C56H88O27S2/c1-25(2)12-11-17-55(9)47-32(75-27(4)58)21-54(8)29-13-14-35-52(5,6)36(16-18-53(35,7)28(29)15-19-56(47,54)51(65)81-55)78-49-45(39(62)34(24-74-49)82-84(66,67)68)76-31-20-26(3)42(40(63)37(31)60)79-50-46(83-85(69,70)71)43(30(59)23-73-50)80-48-41(64)44(72-10)38(61)33(22-57)77-48/h13,26,28,30-50,57,59-64H,1,11-12,14-24H2,2-10H3,(H,66,67,68)(H,69,70,71)/t26-,28+,30+,31+,32-,33+,34+,35-,36-,37-,38+,39-,40+,41+,42+,43-,44-,45+,46+,47+,48-,49-,50-,53+,54-,55-,56+/m0/s1. The molecule has 27 nitrogen and oxygen atoms in total. The minimum absolute atomic E-state index is 0.0241. The fourth-order valence-electron chi connectivity index (χ4n) is 17.1. The minimum Gasteiger partial charge on any atom is -0.462 e. The van der Waals surface area contributed by atoms with Gasteiger partial charge in [0.1, 0.15) is 78.8 Å². The number of rotatable bonds is 19. The van der Waals surface area contributed by atoms with Gasteiger partial charge in [0.25, 0.3) is 0 Å². The molecule has 4 saturated heterocycles. The van der Waals surface area contributed by atoms with Gasteiger partial charge >= 0.3 is 32.7 Å². The van der Waals surface area contributed by atoms with Crippen molar-refractivity contribution in [2.24, 2.45) is 45.3 Å². The summed E-state index contributed by atoms with van der Waals surface area (Å²) in [6.45, 7) is 17.5. The van der Waals surface area contributed by atoms with Crippen LogP contribution in [-0.2, 0) is 86.1 Å². The Morgan fingerprint density at radius 1 is 0.753 bits per heavy atom. The number of fused-ring (bicyclic) bond motifs is 4. The molecule has 1 spiro atoms. The molecule has 4 saturated carbocycles. The van der Waals surface area contributed by atoms with Crippen LogP contribution in [0, 0.1) is 45.3 Å². The van der Waals surface area contributed by atoms with Crippen LogP contribution < -0.4 is 0 Å². The van der Waals surface area contributed by atoms with Gasteiger partial charge in [-0.2, -0.15) is 16.8 Å². The maximum absolute atomic E-state index is 14.7. The third kappa shape index (κ3) is 12.3. The Hall–Kier alpha value is -2.44. The number of carbonyl (C=O) groups excluding carboxylic acids is 2. The Labute approximate surface area is 495 Å². The Morgan fingerprint density at radius 2 is 1.41 bits per heavy atom. The van der Waals surface area contributed by atoms with Crippen LogP contribution in [0.25, 0.3) is 0 Å². The fourth-order valence-corrected chi connectivity index (χ4v) is 18.0. The number of hydrogen-bond donors (Lipinski definition) is 9. The summed E-state index contributed by atoms with van der Waals surface area (Å²) in [6, 6.07) is 0. The number of ether oxygens (including phenoxy) is 10. The smallest absolute Gasteiger partial charge is 0.397 e. The summed E-state index contributed by atoms with van der Waals surface area (Å²) in [6.07, 6.45) is -22.7. The number of cyclic esters (lactones) is 1. The highest BCUT2D eigenvalue weighted by atomic mass is 32.3. The Balaban J connectivity index is 0.927. The van der Waals surface area contributed by atoms with Crippen LogP contribution in [0.1, 0.15) is 120 Å². The van der Waals surface area contributed by atoms with Crippen LogP contribution in [0.3, 0.4) is 0 Å². The topological polar surface area (TPSA) is 395 Å². The van der Waals surface area contributed by atoms with E-state index in [1.54, 1.807) is 6.92 Å². The summed E-state index contributed by atoms with van der Waals surface area (Å²) in [7, 11) is -9.46. The predicted molar refractivity (Wildman–Crippen MR) is 289 cm³/mol.